The maximum absolute atomic E-state index is 11.9. The second-order valence-corrected chi connectivity index (χ2v) is 6.20. The Morgan fingerprint density at radius 1 is 1.35 bits per heavy atom. The Bertz CT molecular complexity index is 948. The molecule has 2 heterocycles. The largest absolute Gasteiger partial charge is 0.465 e. The van der Waals surface area contributed by atoms with E-state index in [2.05, 4.69) is 21.8 Å². The van der Waals surface area contributed by atoms with Gasteiger partial charge in [-0.15, -0.1) is 0 Å². The van der Waals surface area contributed by atoms with Crippen LogP contribution in [0.4, 0.5) is 5.82 Å². The zero-order chi connectivity index (χ0) is 18.7. The molecule has 138 valence electrons. The summed E-state index contributed by atoms with van der Waals surface area (Å²) in [5, 5.41) is 4.08. The average molecular weight is 355 g/mol. The lowest BCUT2D eigenvalue weighted by atomic mass is 10.1. The minimum Gasteiger partial charge on any atom is -0.465 e. The molecule has 1 aromatic carbocycles. The van der Waals surface area contributed by atoms with Crippen molar-refractivity contribution in [3.8, 4) is 0 Å². The molecule has 0 fully saturated rings. The molecule has 3 N–H and O–H groups in total. The Balaban J connectivity index is 2.31. The van der Waals surface area contributed by atoms with Crippen molar-refractivity contribution in [3.63, 3.8) is 0 Å². The lowest BCUT2D eigenvalue weighted by Crippen LogP contribution is -2.13. The number of rotatable bonds is 7. The summed E-state index contributed by atoms with van der Waals surface area (Å²) in [6.07, 6.45) is 3.07. The smallest absolute Gasteiger partial charge is 0.337 e. The normalized spacial score (nSPS) is 11.2. The monoisotopic (exact) mass is 355 g/mol. The molecule has 0 spiro atoms. The maximum atomic E-state index is 11.9. The van der Waals surface area contributed by atoms with Crippen LogP contribution in [-0.4, -0.2) is 41.2 Å². The molecular formula is C19H25N5O2. The Labute approximate surface area is 152 Å². The zero-order valence-electron chi connectivity index (χ0n) is 15.5. The first-order valence-electron chi connectivity index (χ1n) is 8.93. The number of aryl methyl sites for hydroxylation is 1. The van der Waals surface area contributed by atoms with Gasteiger partial charge in [-0.2, -0.15) is 0 Å². The van der Waals surface area contributed by atoms with Crippen LogP contribution in [0.5, 0.6) is 0 Å². The number of pyridine rings is 1. The number of unbranched alkanes of at least 4 members (excludes halogenated alkanes) is 1. The fourth-order valence-corrected chi connectivity index (χ4v) is 3.25. The van der Waals surface area contributed by atoms with Crippen LogP contribution >= 0.6 is 0 Å². The second-order valence-electron chi connectivity index (χ2n) is 6.20. The van der Waals surface area contributed by atoms with E-state index in [9.17, 15) is 4.79 Å². The van der Waals surface area contributed by atoms with E-state index in [4.69, 9.17) is 15.5 Å². The molecule has 0 aliphatic heterocycles. The van der Waals surface area contributed by atoms with Crippen molar-refractivity contribution in [3.05, 3.63) is 29.6 Å². The predicted molar refractivity (Wildman–Crippen MR) is 104 cm³/mol. The zero-order valence-corrected chi connectivity index (χ0v) is 15.5. The van der Waals surface area contributed by atoms with E-state index in [1.165, 1.54) is 7.11 Å². The summed E-state index contributed by atoms with van der Waals surface area (Å²) in [6, 6.07) is 5.43. The minimum absolute atomic E-state index is 0.376. The molecule has 0 aliphatic carbocycles. The van der Waals surface area contributed by atoms with E-state index in [1.54, 1.807) is 12.1 Å². The van der Waals surface area contributed by atoms with Crippen LogP contribution < -0.4 is 11.1 Å². The van der Waals surface area contributed by atoms with Gasteiger partial charge in [0.15, 0.2) is 5.82 Å². The van der Waals surface area contributed by atoms with Gasteiger partial charge in [0.25, 0.3) is 0 Å². The van der Waals surface area contributed by atoms with Gasteiger partial charge < -0.3 is 20.4 Å². The first-order valence-corrected chi connectivity index (χ1v) is 8.93. The molecule has 7 heteroatoms. The van der Waals surface area contributed by atoms with Crippen molar-refractivity contribution in [1.29, 1.82) is 0 Å². The van der Waals surface area contributed by atoms with E-state index >= 15 is 0 Å². The number of ether oxygens (including phenoxy) is 1. The van der Waals surface area contributed by atoms with Gasteiger partial charge in [-0.1, -0.05) is 13.3 Å². The molecule has 3 aromatic rings. The third kappa shape index (κ3) is 3.10. The number of imidazole rings is 1. The van der Waals surface area contributed by atoms with E-state index in [0.717, 1.165) is 47.0 Å². The van der Waals surface area contributed by atoms with Crippen LogP contribution in [0.25, 0.3) is 21.9 Å². The highest BCUT2D eigenvalue weighted by Crippen LogP contribution is 2.31. The average Bonchev–Trinajstić information content (AvgIpc) is 3.03. The summed E-state index contributed by atoms with van der Waals surface area (Å²) < 4.78 is 7.01. The van der Waals surface area contributed by atoms with E-state index < -0.39 is 0 Å². The second kappa shape index (κ2) is 7.70. The molecule has 0 aliphatic rings. The number of nitrogens with zero attached hydrogens (tertiary/aromatic N) is 3. The SMILES string of the molecule is CCCCc1nc2c(NC)nc3cc(C(=O)OC)ccc3c2n1CCN. The Hall–Kier alpha value is -2.67. The Morgan fingerprint density at radius 3 is 2.81 bits per heavy atom. The maximum Gasteiger partial charge on any atom is 0.337 e. The molecule has 0 saturated heterocycles. The number of fused-ring (bicyclic) bond motifs is 3. The van der Waals surface area contributed by atoms with Gasteiger partial charge in [-0.25, -0.2) is 14.8 Å². The predicted octanol–water partition coefficient (Wildman–Crippen LogP) is 2.71. The summed E-state index contributed by atoms with van der Waals surface area (Å²) in [4.78, 5) is 21.4. The van der Waals surface area contributed by atoms with Crippen molar-refractivity contribution in [2.75, 3.05) is 26.0 Å². The molecule has 0 unspecified atom stereocenters. The Kier molecular flexibility index (Phi) is 5.37. The number of carbonyl (C=O) groups excluding carboxylic acids is 1. The van der Waals surface area contributed by atoms with E-state index in [-0.39, 0.29) is 5.97 Å². The third-order valence-corrected chi connectivity index (χ3v) is 4.52. The van der Waals surface area contributed by atoms with Crippen LogP contribution in [0.1, 0.15) is 35.9 Å². The lowest BCUT2D eigenvalue weighted by molar-refractivity contribution is 0.0601. The number of aromatic nitrogens is 3. The van der Waals surface area contributed by atoms with Crippen molar-refractivity contribution >= 4 is 33.7 Å². The highest BCUT2D eigenvalue weighted by atomic mass is 16.5. The summed E-state index contributed by atoms with van der Waals surface area (Å²) >= 11 is 0. The quantitative estimate of drug-likeness (QED) is 0.633. The highest BCUT2D eigenvalue weighted by Gasteiger charge is 2.18. The van der Waals surface area contributed by atoms with Crippen LogP contribution in [0.2, 0.25) is 0 Å². The van der Waals surface area contributed by atoms with Crippen molar-refractivity contribution in [2.45, 2.75) is 32.7 Å². The van der Waals surface area contributed by atoms with Crippen LogP contribution in [0.15, 0.2) is 18.2 Å². The lowest BCUT2D eigenvalue weighted by Gasteiger charge is -2.11. The van der Waals surface area contributed by atoms with Crippen LogP contribution in [-0.2, 0) is 17.7 Å². The van der Waals surface area contributed by atoms with Crippen molar-refractivity contribution < 1.29 is 9.53 Å². The summed E-state index contributed by atoms with van der Waals surface area (Å²) in [7, 11) is 3.20. The van der Waals surface area contributed by atoms with Gasteiger partial charge in [0.1, 0.15) is 11.3 Å². The number of hydrogen-bond donors (Lipinski definition) is 2. The molecule has 2 aromatic heterocycles. The number of nitrogens with two attached hydrogens (primary N) is 1. The number of esters is 1. The first-order chi connectivity index (χ1) is 12.6. The van der Waals surface area contributed by atoms with Gasteiger partial charge in [-0.05, 0) is 24.6 Å². The van der Waals surface area contributed by atoms with Crippen molar-refractivity contribution in [2.24, 2.45) is 5.73 Å². The molecule has 7 nitrogen and oxygen atoms in total. The molecule has 0 atom stereocenters. The third-order valence-electron chi connectivity index (χ3n) is 4.52. The molecular weight excluding hydrogens is 330 g/mol. The van der Waals surface area contributed by atoms with Gasteiger partial charge in [0.05, 0.1) is 23.7 Å². The van der Waals surface area contributed by atoms with Crippen LogP contribution in [0.3, 0.4) is 0 Å². The first kappa shape index (κ1) is 18.1. The molecule has 3 rings (SSSR count). The topological polar surface area (TPSA) is 95.1 Å². The summed E-state index contributed by atoms with van der Waals surface area (Å²) in [5.41, 5.74) is 8.91. The number of carbonyl (C=O) groups is 1. The number of methoxy groups -OCH3 is 1. The molecule has 26 heavy (non-hydrogen) atoms. The standard InChI is InChI=1S/C19H25N5O2/c1-4-5-6-15-23-16-17(24(15)10-9-20)13-8-7-12(19(25)26-3)11-14(13)22-18(16)21-2/h7-8,11H,4-6,9-10,20H2,1-3H3,(H,21,22). The summed E-state index contributed by atoms with van der Waals surface area (Å²) in [5.74, 6) is 1.34. The summed E-state index contributed by atoms with van der Waals surface area (Å²) in [6.45, 7) is 3.39. The van der Waals surface area contributed by atoms with E-state index in [1.807, 2.05) is 13.1 Å². The molecule has 0 saturated carbocycles. The molecule has 0 radical (unpaired) electrons. The Morgan fingerprint density at radius 2 is 2.15 bits per heavy atom. The van der Waals surface area contributed by atoms with Gasteiger partial charge in [0, 0.05) is 31.9 Å². The minimum atomic E-state index is -0.376. The number of anilines is 1. The van der Waals surface area contributed by atoms with Gasteiger partial charge >= 0.3 is 5.97 Å². The number of benzene rings is 1. The molecule has 0 bridgehead atoms. The fraction of sp³-hybridized carbons (Fsp3) is 0.421. The number of nitrogens with one attached hydrogen (secondary N) is 1. The fourth-order valence-electron chi connectivity index (χ4n) is 3.25. The highest BCUT2D eigenvalue weighted by molar-refractivity contribution is 6.08. The van der Waals surface area contributed by atoms with Crippen LogP contribution in [0, 0.1) is 0 Å². The van der Waals surface area contributed by atoms with E-state index in [0.29, 0.717) is 24.5 Å². The molecule has 0 amide bonds. The van der Waals surface area contributed by atoms with Crippen molar-refractivity contribution in [1.82, 2.24) is 14.5 Å². The van der Waals surface area contributed by atoms with Gasteiger partial charge in [-0.3, -0.25) is 0 Å². The van der Waals surface area contributed by atoms with Gasteiger partial charge in [0.2, 0.25) is 0 Å². The number of hydrogen-bond acceptors (Lipinski definition) is 6.